The third-order valence-corrected chi connectivity index (χ3v) is 7.79. The summed E-state index contributed by atoms with van der Waals surface area (Å²) in [5.41, 5.74) is 2.77. The van der Waals surface area contributed by atoms with Gasteiger partial charge in [0, 0.05) is 69.8 Å². The summed E-state index contributed by atoms with van der Waals surface area (Å²) in [5, 5.41) is 3.60. The van der Waals surface area contributed by atoms with E-state index in [1.54, 1.807) is 43.8 Å². The Morgan fingerprint density at radius 2 is 1.88 bits per heavy atom. The van der Waals surface area contributed by atoms with Gasteiger partial charge in [-0.2, -0.15) is 4.31 Å². The number of ether oxygens (including phenoxy) is 1. The van der Waals surface area contributed by atoms with Crippen molar-refractivity contribution in [2.45, 2.75) is 11.3 Å². The molecule has 1 fully saturated rings. The topological polar surface area (TPSA) is 108 Å². The van der Waals surface area contributed by atoms with Crippen LogP contribution in [0.25, 0.3) is 22.2 Å². The van der Waals surface area contributed by atoms with Crippen LogP contribution in [0.3, 0.4) is 0 Å². The average Bonchev–Trinajstić information content (AvgIpc) is 3.25. The fraction of sp³-hybridized carbons (Fsp3) is 0.391. The number of hydrogen-bond donors (Lipinski definition) is 2. The highest BCUT2D eigenvalue weighted by Crippen LogP contribution is 2.27. The molecular formula is C23H29N5O4S. The van der Waals surface area contributed by atoms with Gasteiger partial charge in [-0.15, -0.1) is 0 Å². The minimum atomic E-state index is -3.52. The molecule has 176 valence electrons. The highest BCUT2D eigenvalue weighted by molar-refractivity contribution is 7.89. The number of sulfonamides is 1. The van der Waals surface area contributed by atoms with E-state index in [4.69, 9.17) is 4.74 Å². The molecule has 1 aliphatic heterocycles. The van der Waals surface area contributed by atoms with Crippen molar-refractivity contribution in [1.29, 1.82) is 0 Å². The summed E-state index contributed by atoms with van der Waals surface area (Å²) in [7, 11) is 0.102. The van der Waals surface area contributed by atoms with Crippen molar-refractivity contribution in [2.75, 3.05) is 53.5 Å². The number of amides is 1. The summed E-state index contributed by atoms with van der Waals surface area (Å²) >= 11 is 0. The van der Waals surface area contributed by atoms with Crippen molar-refractivity contribution < 1.29 is 17.9 Å². The summed E-state index contributed by atoms with van der Waals surface area (Å²) in [6, 6.07) is 8.72. The molecule has 0 unspecified atom stereocenters. The first-order valence-corrected chi connectivity index (χ1v) is 12.4. The van der Waals surface area contributed by atoms with Crippen molar-refractivity contribution in [1.82, 2.24) is 24.5 Å². The predicted octanol–water partition coefficient (Wildman–Crippen LogP) is 1.93. The number of aromatic nitrogens is 2. The van der Waals surface area contributed by atoms with Gasteiger partial charge >= 0.3 is 0 Å². The summed E-state index contributed by atoms with van der Waals surface area (Å²) in [5.74, 6) is -0.176. The molecule has 9 nitrogen and oxygen atoms in total. The molecule has 3 aromatic rings. The standard InChI is InChI=1S/C23H29N5O4S/c1-27-9-11-28(12-10-27)33(30,31)19-6-4-17(5-7-19)18-14-20-21(16-26-22(20)25-15-18)23(29)24-8-3-13-32-2/h4-7,14-16H,3,8-13H2,1-2H3,(H,24,29)(H,25,26). The van der Waals surface area contributed by atoms with Crippen LogP contribution in [-0.4, -0.2) is 87.0 Å². The molecule has 1 aliphatic rings. The van der Waals surface area contributed by atoms with Crippen molar-refractivity contribution in [3.63, 3.8) is 0 Å². The van der Waals surface area contributed by atoms with E-state index in [0.717, 1.165) is 30.6 Å². The number of aromatic amines is 1. The summed E-state index contributed by atoms with van der Waals surface area (Å²) in [6.45, 7) is 3.54. The normalized spacial score (nSPS) is 15.7. The number of methoxy groups -OCH3 is 1. The lowest BCUT2D eigenvalue weighted by molar-refractivity contribution is 0.0950. The highest BCUT2D eigenvalue weighted by Gasteiger charge is 2.27. The van der Waals surface area contributed by atoms with Crippen molar-refractivity contribution in [2.24, 2.45) is 0 Å². The van der Waals surface area contributed by atoms with Crippen LogP contribution in [0.15, 0.2) is 47.6 Å². The number of rotatable bonds is 8. The number of likely N-dealkylation sites (N-methyl/N-ethyl adjacent to an activating group) is 1. The van der Waals surface area contributed by atoms with Gasteiger partial charge in [0.05, 0.1) is 10.5 Å². The van der Waals surface area contributed by atoms with E-state index in [0.29, 0.717) is 42.8 Å². The number of pyridine rings is 1. The van der Waals surface area contributed by atoms with Gasteiger partial charge in [-0.05, 0) is 37.2 Å². The monoisotopic (exact) mass is 471 g/mol. The first-order chi connectivity index (χ1) is 15.9. The summed E-state index contributed by atoms with van der Waals surface area (Å²) in [4.78, 5) is 22.4. The number of carbonyl (C=O) groups is 1. The zero-order valence-electron chi connectivity index (χ0n) is 18.9. The molecule has 2 aromatic heterocycles. The Bertz CT molecular complexity index is 1220. The molecule has 0 aliphatic carbocycles. The number of nitrogens with one attached hydrogen (secondary N) is 2. The third-order valence-electron chi connectivity index (χ3n) is 5.87. The largest absolute Gasteiger partial charge is 0.385 e. The van der Waals surface area contributed by atoms with Crippen LogP contribution in [-0.2, 0) is 14.8 Å². The molecule has 2 N–H and O–H groups in total. The number of nitrogens with zero attached hydrogens (tertiary/aromatic N) is 3. The van der Waals surface area contributed by atoms with Gasteiger partial charge in [-0.25, -0.2) is 13.4 Å². The number of benzene rings is 1. The van der Waals surface area contributed by atoms with Gasteiger partial charge in [-0.1, -0.05) is 12.1 Å². The lowest BCUT2D eigenvalue weighted by atomic mass is 10.1. The van der Waals surface area contributed by atoms with Crippen molar-refractivity contribution >= 4 is 27.0 Å². The molecule has 0 atom stereocenters. The third kappa shape index (κ3) is 5.09. The Hall–Kier alpha value is -2.79. The molecule has 1 saturated heterocycles. The van der Waals surface area contributed by atoms with Gasteiger partial charge in [0.25, 0.3) is 5.91 Å². The number of hydrogen-bond acceptors (Lipinski definition) is 6. The van der Waals surface area contributed by atoms with E-state index in [1.165, 1.54) is 4.31 Å². The van der Waals surface area contributed by atoms with E-state index >= 15 is 0 Å². The van der Waals surface area contributed by atoms with Gasteiger partial charge in [0.2, 0.25) is 10.0 Å². The molecule has 0 radical (unpaired) electrons. The van der Waals surface area contributed by atoms with Gasteiger partial charge < -0.3 is 19.9 Å². The molecule has 10 heteroatoms. The molecule has 33 heavy (non-hydrogen) atoms. The van der Waals surface area contributed by atoms with Crippen LogP contribution in [0.4, 0.5) is 0 Å². The molecule has 0 saturated carbocycles. The van der Waals surface area contributed by atoms with Crippen molar-refractivity contribution in [3.05, 3.63) is 48.3 Å². The lowest BCUT2D eigenvalue weighted by Gasteiger charge is -2.31. The average molecular weight is 472 g/mol. The Kier molecular flexibility index (Phi) is 7.08. The zero-order valence-corrected chi connectivity index (χ0v) is 19.7. The van der Waals surface area contributed by atoms with Gasteiger partial charge in [0.15, 0.2) is 0 Å². The van der Waals surface area contributed by atoms with E-state index in [-0.39, 0.29) is 10.8 Å². The SMILES string of the molecule is COCCCNC(=O)c1c[nH]c2ncc(-c3ccc(S(=O)(=O)N4CCN(C)CC4)cc3)cc12. The van der Waals surface area contributed by atoms with Crippen LogP contribution in [0, 0.1) is 0 Å². The van der Waals surface area contributed by atoms with Crippen LogP contribution < -0.4 is 5.32 Å². The fourth-order valence-electron chi connectivity index (χ4n) is 3.86. The second-order valence-corrected chi connectivity index (χ2v) is 10.1. The maximum absolute atomic E-state index is 13.0. The number of H-pyrrole nitrogens is 1. The van der Waals surface area contributed by atoms with Crippen LogP contribution in [0.5, 0.6) is 0 Å². The molecule has 4 rings (SSSR count). The Morgan fingerprint density at radius 1 is 1.15 bits per heavy atom. The number of carbonyl (C=O) groups excluding carboxylic acids is 1. The Labute approximate surface area is 193 Å². The van der Waals surface area contributed by atoms with E-state index in [9.17, 15) is 13.2 Å². The molecule has 0 spiro atoms. The van der Waals surface area contributed by atoms with Gasteiger partial charge in [-0.3, -0.25) is 4.79 Å². The fourth-order valence-corrected chi connectivity index (χ4v) is 5.28. The lowest BCUT2D eigenvalue weighted by Crippen LogP contribution is -2.46. The zero-order chi connectivity index (χ0) is 23.4. The second kappa shape index (κ2) is 10.0. The minimum Gasteiger partial charge on any atom is -0.385 e. The van der Waals surface area contributed by atoms with E-state index in [2.05, 4.69) is 20.2 Å². The predicted molar refractivity (Wildman–Crippen MR) is 127 cm³/mol. The number of piperazine rings is 1. The second-order valence-electron chi connectivity index (χ2n) is 8.16. The molecule has 3 heterocycles. The van der Waals surface area contributed by atoms with Crippen LogP contribution in [0.1, 0.15) is 16.8 Å². The number of fused-ring (bicyclic) bond motifs is 1. The molecule has 1 aromatic carbocycles. The van der Waals surface area contributed by atoms with E-state index in [1.807, 2.05) is 13.1 Å². The van der Waals surface area contributed by atoms with Crippen LogP contribution in [0.2, 0.25) is 0 Å². The molecule has 0 bridgehead atoms. The van der Waals surface area contributed by atoms with E-state index < -0.39 is 10.0 Å². The smallest absolute Gasteiger partial charge is 0.253 e. The van der Waals surface area contributed by atoms with Gasteiger partial charge in [0.1, 0.15) is 5.65 Å². The highest BCUT2D eigenvalue weighted by atomic mass is 32.2. The summed E-state index contributed by atoms with van der Waals surface area (Å²) < 4.78 is 32.5. The first-order valence-electron chi connectivity index (χ1n) is 10.9. The van der Waals surface area contributed by atoms with Crippen LogP contribution >= 0.6 is 0 Å². The maximum atomic E-state index is 13.0. The Balaban J connectivity index is 1.53. The first kappa shape index (κ1) is 23.4. The minimum absolute atomic E-state index is 0.176. The maximum Gasteiger partial charge on any atom is 0.253 e. The Morgan fingerprint density at radius 3 is 2.58 bits per heavy atom. The quantitative estimate of drug-likeness (QED) is 0.486. The van der Waals surface area contributed by atoms with Crippen molar-refractivity contribution in [3.8, 4) is 11.1 Å². The molecule has 1 amide bonds. The molecular weight excluding hydrogens is 442 g/mol. The summed E-state index contributed by atoms with van der Waals surface area (Å²) in [6.07, 6.45) is 4.10.